The summed E-state index contributed by atoms with van der Waals surface area (Å²) in [7, 11) is 0. The minimum atomic E-state index is -0.198. The highest BCUT2D eigenvalue weighted by Crippen LogP contribution is 2.36. The molecular formula is C32H45ClN6O3. The first-order valence-electron chi connectivity index (χ1n) is 15.1. The molecule has 10 heteroatoms. The van der Waals surface area contributed by atoms with Gasteiger partial charge in [-0.3, -0.25) is 4.79 Å². The van der Waals surface area contributed by atoms with Crippen molar-refractivity contribution in [2.75, 3.05) is 32.7 Å². The number of nitriles is 1. The summed E-state index contributed by atoms with van der Waals surface area (Å²) in [4.78, 5) is 17.6. The van der Waals surface area contributed by atoms with E-state index < -0.39 is 0 Å². The number of piperidine rings is 2. The number of nitrogens with zero attached hydrogens (tertiary/aromatic N) is 4. The standard InChI is InChI=1S/C32H45ClN6O3/c1-22(31(41)36-25-6-9-27(10-7-25)42-28-8-5-23(19-34)29(33)18-28)4-11-30(37-35)39-17-12-24(32(2,3)21-39)20-38-15-13-26(40)14-16-38/h4-5,8,11,18,24-27,40H,1,6-7,9-10,12-17,20-21,35H2,2-3H3,(H,36,41)/b11-4-,37-30+. The lowest BCUT2D eigenvalue weighted by Crippen LogP contribution is -2.52. The maximum Gasteiger partial charge on any atom is 0.250 e. The van der Waals surface area contributed by atoms with Crippen LogP contribution in [0.4, 0.5) is 0 Å². The molecule has 1 saturated carbocycles. The third kappa shape index (κ3) is 8.50. The maximum absolute atomic E-state index is 12.9. The van der Waals surface area contributed by atoms with E-state index in [0.717, 1.165) is 77.7 Å². The monoisotopic (exact) mass is 596 g/mol. The second-order valence-electron chi connectivity index (χ2n) is 12.6. The molecule has 228 valence electrons. The first-order chi connectivity index (χ1) is 20.1. The van der Waals surface area contributed by atoms with Gasteiger partial charge in [-0.1, -0.05) is 32.0 Å². The zero-order valence-corrected chi connectivity index (χ0v) is 25.7. The van der Waals surface area contributed by atoms with Crippen molar-refractivity contribution in [1.82, 2.24) is 15.1 Å². The van der Waals surface area contributed by atoms with E-state index in [4.69, 9.17) is 27.4 Å². The van der Waals surface area contributed by atoms with Crippen molar-refractivity contribution in [2.45, 2.75) is 77.0 Å². The molecule has 0 radical (unpaired) electrons. The molecule has 1 aliphatic carbocycles. The molecule has 1 unspecified atom stereocenters. The Bertz CT molecular complexity index is 1210. The van der Waals surface area contributed by atoms with Crippen molar-refractivity contribution in [3.63, 3.8) is 0 Å². The van der Waals surface area contributed by atoms with Gasteiger partial charge in [0.1, 0.15) is 17.7 Å². The Balaban J connectivity index is 1.21. The third-order valence-electron chi connectivity index (χ3n) is 9.04. The predicted molar refractivity (Wildman–Crippen MR) is 166 cm³/mol. The molecule has 0 bridgehead atoms. The second-order valence-corrected chi connectivity index (χ2v) is 13.0. The zero-order valence-electron chi connectivity index (χ0n) is 24.9. The Labute approximate surface area is 255 Å². The van der Waals surface area contributed by atoms with Gasteiger partial charge in [0.25, 0.3) is 5.91 Å². The van der Waals surface area contributed by atoms with Crippen molar-refractivity contribution in [3.8, 4) is 11.8 Å². The van der Waals surface area contributed by atoms with Crippen LogP contribution in [0.1, 0.15) is 64.4 Å². The highest BCUT2D eigenvalue weighted by molar-refractivity contribution is 6.31. The van der Waals surface area contributed by atoms with E-state index in [2.05, 4.69) is 46.7 Å². The molecule has 1 amide bonds. The fourth-order valence-corrected chi connectivity index (χ4v) is 6.50. The number of benzene rings is 1. The van der Waals surface area contributed by atoms with Crippen molar-refractivity contribution >= 4 is 23.3 Å². The molecule has 1 aromatic rings. The van der Waals surface area contributed by atoms with Gasteiger partial charge >= 0.3 is 0 Å². The number of amidine groups is 1. The van der Waals surface area contributed by atoms with Gasteiger partial charge in [0, 0.05) is 50.4 Å². The lowest BCUT2D eigenvalue weighted by Gasteiger charge is -2.47. The molecule has 0 spiro atoms. The normalized spacial score (nSPS) is 25.6. The summed E-state index contributed by atoms with van der Waals surface area (Å²) in [5.74, 6) is 7.45. The topological polar surface area (TPSA) is 127 Å². The Morgan fingerprint density at radius 1 is 1.21 bits per heavy atom. The van der Waals surface area contributed by atoms with Crippen LogP contribution in [0.25, 0.3) is 0 Å². The second kappa shape index (κ2) is 14.4. The van der Waals surface area contributed by atoms with Gasteiger partial charge in [0.15, 0.2) is 0 Å². The number of hydrazone groups is 1. The van der Waals surface area contributed by atoms with E-state index in [1.807, 2.05) is 0 Å². The maximum atomic E-state index is 12.9. The first-order valence-corrected chi connectivity index (χ1v) is 15.4. The van der Waals surface area contributed by atoms with Crippen LogP contribution in [-0.2, 0) is 4.79 Å². The molecule has 4 N–H and O–H groups in total. The molecule has 2 saturated heterocycles. The van der Waals surface area contributed by atoms with Crippen LogP contribution < -0.4 is 15.9 Å². The number of nitrogens with one attached hydrogen (secondary N) is 1. The van der Waals surface area contributed by atoms with Crippen LogP contribution in [0.15, 0.2) is 47.6 Å². The molecule has 3 fully saturated rings. The molecule has 4 rings (SSSR count). The van der Waals surface area contributed by atoms with E-state index in [9.17, 15) is 9.90 Å². The number of hydrogen-bond acceptors (Lipinski definition) is 7. The zero-order chi connectivity index (χ0) is 30.3. The van der Waals surface area contributed by atoms with Gasteiger partial charge in [-0.2, -0.15) is 10.4 Å². The number of amides is 1. The summed E-state index contributed by atoms with van der Waals surface area (Å²) in [6.45, 7) is 13.2. The van der Waals surface area contributed by atoms with Crippen molar-refractivity contribution in [2.24, 2.45) is 22.3 Å². The summed E-state index contributed by atoms with van der Waals surface area (Å²) >= 11 is 6.12. The number of aliphatic hydroxyl groups is 1. The van der Waals surface area contributed by atoms with Gasteiger partial charge < -0.3 is 30.8 Å². The minimum Gasteiger partial charge on any atom is -0.490 e. The number of ether oxygens (including phenoxy) is 1. The summed E-state index contributed by atoms with van der Waals surface area (Å²) < 4.78 is 6.06. The number of aliphatic hydroxyl groups excluding tert-OH is 1. The SMILES string of the molecule is C=C(/C=C\C(=N/N)N1CCC(CN2CCC(O)CC2)C(C)(C)C1)C(=O)NC1CCC(Oc2ccc(C#N)c(Cl)c2)CC1. The lowest BCUT2D eigenvalue weighted by molar-refractivity contribution is -0.118. The van der Waals surface area contributed by atoms with Crippen LogP contribution in [0, 0.1) is 22.7 Å². The van der Waals surface area contributed by atoms with E-state index in [-0.39, 0.29) is 29.6 Å². The molecule has 1 aromatic carbocycles. The van der Waals surface area contributed by atoms with Crippen LogP contribution in [-0.4, -0.2) is 77.6 Å². The molecule has 9 nitrogen and oxygen atoms in total. The quantitative estimate of drug-likeness (QED) is 0.102. The van der Waals surface area contributed by atoms with Crippen LogP contribution in [0.5, 0.6) is 5.75 Å². The van der Waals surface area contributed by atoms with Crippen molar-refractivity contribution in [1.29, 1.82) is 5.26 Å². The lowest BCUT2D eigenvalue weighted by atomic mass is 9.73. The third-order valence-corrected chi connectivity index (χ3v) is 9.35. The number of carbonyl (C=O) groups is 1. The highest BCUT2D eigenvalue weighted by Gasteiger charge is 2.38. The summed E-state index contributed by atoms with van der Waals surface area (Å²) in [5, 5.41) is 26.4. The fourth-order valence-electron chi connectivity index (χ4n) is 6.29. The van der Waals surface area contributed by atoms with E-state index >= 15 is 0 Å². The molecular weight excluding hydrogens is 552 g/mol. The number of carbonyl (C=O) groups excluding carboxylic acids is 1. The Kier molecular flexibility index (Phi) is 10.9. The average Bonchev–Trinajstić information content (AvgIpc) is 2.96. The number of halogens is 1. The van der Waals surface area contributed by atoms with Gasteiger partial charge in [0.2, 0.25) is 0 Å². The van der Waals surface area contributed by atoms with Gasteiger partial charge in [-0.05, 0) is 80.6 Å². The smallest absolute Gasteiger partial charge is 0.250 e. The van der Waals surface area contributed by atoms with Gasteiger partial charge in [0.05, 0.1) is 22.8 Å². The van der Waals surface area contributed by atoms with Crippen LogP contribution >= 0.6 is 11.6 Å². The molecule has 2 heterocycles. The van der Waals surface area contributed by atoms with Crippen LogP contribution in [0.2, 0.25) is 5.02 Å². The van der Waals surface area contributed by atoms with E-state index in [1.54, 1.807) is 30.4 Å². The Hall–Kier alpha value is -3.06. The summed E-state index contributed by atoms with van der Waals surface area (Å²) in [6, 6.07) is 7.20. The first kappa shape index (κ1) is 31.9. The molecule has 1 atom stereocenters. The average molecular weight is 597 g/mol. The number of likely N-dealkylation sites (tertiary alicyclic amines) is 2. The van der Waals surface area contributed by atoms with E-state index in [0.29, 0.717) is 33.7 Å². The van der Waals surface area contributed by atoms with Crippen molar-refractivity contribution < 1.29 is 14.6 Å². The van der Waals surface area contributed by atoms with E-state index in [1.165, 1.54) is 0 Å². The summed E-state index contributed by atoms with van der Waals surface area (Å²) in [5.41, 5.74) is 0.860. The highest BCUT2D eigenvalue weighted by atomic mass is 35.5. The minimum absolute atomic E-state index is 0.0368. The Morgan fingerprint density at radius 2 is 1.93 bits per heavy atom. The largest absolute Gasteiger partial charge is 0.490 e. The van der Waals surface area contributed by atoms with Gasteiger partial charge in [-0.15, -0.1) is 0 Å². The molecule has 3 aliphatic rings. The van der Waals surface area contributed by atoms with Crippen LogP contribution in [0.3, 0.4) is 0 Å². The number of nitrogens with two attached hydrogens (primary N) is 1. The Morgan fingerprint density at radius 3 is 2.55 bits per heavy atom. The number of hydrogen-bond donors (Lipinski definition) is 3. The van der Waals surface area contributed by atoms with Gasteiger partial charge in [-0.25, -0.2) is 0 Å². The fraction of sp³-hybridized carbons (Fsp3) is 0.594. The predicted octanol–water partition coefficient (Wildman–Crippen LogP) is 4.21. The summed E-state index contributed by atoms with van der Waals surface area (Å²) in [6.07, 6.45) is 9.33. The number of rotatable bonds is 8. The molecule has 2 aliphatic heterocycles. The van der Waals surface area contributed by atoms with Crippen molar-refractivity contribution in [3.05, 3.63) is 53.1 Å². The molecule has 0 aromatic heterocycles. The molecule has 42 heavy (non-hydrogen) atoms.